The van der Waals surface area contributed by atoms with Crippen LogP contribution in [0, 0.1) is 5.82 Å². The maximum absolute atomic E-state index is 13.0. The normalized spacial score (nSPS) is 15.5. The van der Waals surface area contributed by atoms with E-state index in [0.29, 0.717) is 36.9 Å². The fourth-order valence-corrected chi connectivity index (χ4v) is 3.63. The third kappa shape index (κ3) is 6.18. The van der Waals surface area contributed by atoms with Crippen LogP contribution in [0.3, 0.4) is 0 Å². The molecule has 2 aromatic carbocycles. The van der Waals surface area contributed by atoms with E-state index < -0.39 is 0 Å². The summed E-state index contributed by atoms with van der Waals surface area (Å²) in [4.78, 5) is 28.6. The zero-order chi connectivity index (χ0) is 21.5. The van der Waals surface area contributed by atoms with Crippen LogP contribution in [0.25, 0.3) is 0 Å². The Balaban J connectivity index is 1.45. The lowest BCUT2D eigenvalue weighted by molar-refractivity contribution is -0.117. The molecule has 160 valence electrons. The molecule has 1 heterocycles. The Kier molecular flexibility index (Phi) is 7.65. The van der Waals surface area contributed by atoms with Gasteiger partial charge in [0, 0.05) is 36.9 Å². The second-order valence-electron chi connectivity index (χ2n) is 7.28. The summed E-state index contributed by atoms with van der Waals surface area (Å²) in [6.45, 7) is 4.55. The number of piperazine rings is 1. The van der Waals surface area contributed by atoms with Crippen molar-refractivity contribution in [2.45, 2.75) is 19.4 Å². The molecule has 0 spiro atoms. The van der Waals surface area contributed by atoms with Crippen LogP contribution in [0.5, 0.6) is 0 Å². The van der Waals surface area contributed by atoms with Gasteiger partial charge in [-0.25, -0.2) is 9.18 Å². The summed E-state index contributed by atoms with van der Waals surface area (Å²) in [7, 11) is 0. The molecule has 2 aromatic rings. The van der Waals surface area contributed by atoms with E-state index in [9.17, 15) is 14.0 Å². The van der Waals surface area contributed by atoms with Gasteiger partial charge in [0.1, 0.15) is 5.82 Å². The number of anilines is 1. The fraction of sp³-hybridized carbons (Fsp3) is 0.364. The van der Waals surface area contributed by atoms with E-state index >= 15 is 0 Å². The van der Waals surface area contributed by atoms with Crippen molar-refractivity contribution in [2.75, 3.05) is 38.0 Å². The van der Waals surface area contributed by atoms with E-state index in [-0.39, 0.29) is 30.3 Å². The predicted octanol–water partition coefficient (Wildman–Crippen LogP) is 3.90. The molecule has 1 aliphatic heterocycles. The van der Waals surface area contributed by atoms with Crippen molar-refractivity contribution in [3.63, 3.8) is 0 Å². The lowest BCUT2D eigenvalue weighted by Crippen LogP contribution is -2.53. The molecular formula is C22H26ClFN4O2. The van der Waals surface area contributed by atoms with E-state index in [1.54, 1.807) is 4.90 Å². The second kappa shape index (κ2) is 10.4. The second-order valence-corrected chi connectivity index (χ2v) is 7.72. The molecule has 1 fully saturated rings. The summed E-state index contributed by atoms with van der Waals surface area (Å²) in [6, 6.07) is 13.0. The van der Waals surface area contributed by atoms with Gasteiger partial charge in [0.05, 0.1) is 12.6 Å². The quantitative estimate of drug-likeness (QED) is 0.727. The molecule has 6 nitrogen and oxygen atoms in total. The van der Waals surface area contributed by atoms with E-state index in [1.165, 1.54) is 24.3 Å². The molecule has 1 unspecified atom stereocenters. The number of amides is 3. The maximum Gasteiger partial charge on any atom is 0.317 e. The zero-order valence-corrected chi connectivity index (χ0v) is 17.7. The van der Waals surface area contributed by atoms with Crippen LogP contribution in [-0.2, 0) is 4.79 Å². The lowest BCUT2D eigenvalue weighted by atomic mass is 10.0. The molecular weight excluding hydrogens is 407 g/mol. The molecule has 1 aliphatic rings. The first-order valence-corrected chi connectivity index (χ1v) is 10.4. The smallest absolute Gasteiger partial charge is 0.317 e. The Labute approximate surface area is 181 Å². The Morgan fingerprint density at radius 2 is 1.80 bits per heavy atom. The van der Waals surface area contributed by atoms with E-state index in [4.69, 9.17) is 11.6 Å². The van der Waals surface area contributed by atoms with Crippen LogP contribution in [0.2, 0.25) is 5.02 Å². The van der Waals surface area contributed by atoms with Crippen molar-refractivity contribution in [1.82, 2.24) is 15.1 Å². The summed E-state index contributed by atoms with van der Waals surface area (Å²) in [5, 5.41) is 6.47. The van der Waals surface area contributed by atoms with Crippen LogP contribution in [0.15, 0.2) is 48.5 Å². The Hall–Kier alpha value is -2.64. The van der Waals surface area contributed by atoms with E-state index in [0.717, 1.165) is 12.0 Å². The molecule has 3 rings (SSSR count). The van der Waals surface area contributed by atoms with Crippen molar-refractivity contribution in [2.24, 2.45) is 0 Å². The van der Waals surface area contributed by atoms with Gasteiger partial charge in [-0.2, -0.15) is 0 Å². The average Bonchev–Trinajstić information content (AvgIpc) is 2.74. The number of nitrogens with one attached hydrogen (secondary N) is 2. The summed E-state index contributed by atoms with van der Waals surface area (Å²) < 4.78 is 13.0. The van der Waals surface area contributed by atoms with Gasteiger partial charge in [0.25, 0.3) is 0 Å². The van der Waals surface area contributed by atoms with Crippen molar-refractivity contribution in [1.29, 1.82) is 0 Å². The molecule has 0 radical (unpaired) electrons. The highest BCUT2D eigenvalue weighted by molar-refractivity contribution is 6.30. The van der Waals surface area contributed by atoms with Crippen molar-refractivity contribution < 1.29 is 14.0 Å². The van der Waals surface area contributed by atoms with Gasteiger partial charge in [-0.05, 0) is 48.4 Å². The monoisotopic (exact) mass is 432 g/mol. The minimum Gasteiger partial charge on any atom is -0.331 e. The van der Waals surface area contributed by atoms with Gasteiger partial charge in [0.15, 0.2) is 0 Å². The number of halogens is 2. The van der Waals surface area contributed by atoms with Gasteiger partial charge in [-0.15, -0.1) is 0 Å². The highest BCUT2D eigenvalue weighted by atomic mass is 35.5. The highest BCUT2D eigenvalue weighted by Crippen LogP contribution is 2.20. The number of hydrogen-bond acceptors (Lipinski definition) is 3. The first-order chi connectivity index (χ1) is 14.4. The Morgan fingerprint density at radius 1 is 1.10 bits per heavy atom. The number of rotatable bonds is 6. The molecule has 1 atom stereocenters. The molecule has 0 bridgehead atoms. The third-order valence-electron chi connectivity index (χ3n) is 5.11. The number of nitrogens with zero attached hydrogens (tertiary/aromatic N) is 2. The molecule has 0 aliphatic carbocycles. The van der Waals surface area contributed by atoms with E-state index in [1.807, 2.05) is 36.1 Å². The Bertz CT molecular complexity index is 870. The standard InChI is InChI=1S/C22H26ClFN4O2/c1-2-20(16-4-3-5-17(23)14-16)26-22(30)28-12-10-27(11-13-28)15-21(29)25-19-8-6-18(24)7-9-19/h3-9,14,20H,2,10-13,15H2,1H3,(H,25,29)(H,26,30). The van der Waals surface area contributed by atoms with Gasteiger partial charge < -0.3 is 15.5 Å². The maximum atomic E-state index is 13.0. The van der Waals surface area contributed by atoms with Crippen LogP contribution in [0.1, 0.15) is 24.9 Å². The first-order valence-electron chi connectivity index (χ1n) is 10.0. The Morgan fingerprint density at radius 3 is 2.43 bits per heavy atom. The number of urea groups is 1. The molecule has 2 N–H and O–H groups in total. The third-order valence-corrected chi connectivity index (χ3v) is 5.35. The van der Waals surface area contributed by atoms with E-state index in [2.05, 4.69) is 10.6 Å². The lowest BCUT2D eigenvalue weighted by Gasteiger charge is -2.35. The summed E-state index contributed by atoms with van der Waals surface area (Å²) in [5.74, 6) is -0.505. The molecule has 0 saturated carbocycles. The van der Waals surface area contributed by atoms with Crippen molar-refractivity contribution >= 4 is 29.2 Å². The number of carbonyl (C=O) groups is 2. The van der Waals surface area contributed by atoms with Crippen molar-refractivity contribution in [3.8, 4) is 0 Å². The van der Waals surface area contributed by atoms with Gasteiger partial charge in [-0.1, -0.05) is 30.7 Å². The zero-order valence-electron chi connectivity index (χ0n) is 16.9. The SMILES string of the molecule is CCC(NC(=O)N1CCN(CC(=O)Nc2ccc(F)cc2)CC1)c1cccc(Cl)c1. The van der Waals surface area contributed by atoms with Crippen molar-refractivity contribution in [3.05, 3.63) is 64.9 Å². The highest BCUT2D eigenvalue weighted by Gasteiger charge is 2.24. The summed E-state index contributed by atoms with van der Waals surface area (Å²) >= 11 is 6.07. The minimum absolute atomic E-state index is 0.101. The first kappa shape index (κ1) is 22.1. The van der Waals surface area contributed by atoms with Crippen LogP contribution in [0.4, 0.5) is 14.9 Å². The minimum atomic E-state index is -0.344. The largest absolute Gasteiger partial charge is 0.331 e. The molecule has 30 heavy (non-hydrogen) atoms. The van der Waals surface area contributed by atoms with Crippen LogP contribution >= 0.6 is 11.6 Å². The van der Waals surface area contributed by atoms with Crippen LogP contribution in [-0.4, -0.2) is 54.5 Å². The topological polar surface area (TPSA) is 64.7 Å². The molecule has 1 saturated heterocycles. The van der Waals surface area contributed by atoms with Gasteiger partial charge in [-0.3, -0.25) is 9.69 Å². The average molecular weight is 433 g/mol. The van der Waals surface area contributed by atoms with Gasteiger partial charge >= 0.3 is 6.03 Å². The van der Waals surface area contributed by atoms with Gasteiger partial charge in [0.2, 0.25) is 5.91 Å². The molecule has 8 heteroatoms. The summed E-state index contributed by atoms with van der Waals surface area (Å²) in [6.07, 6.45) is 0.760. The fourth-order valence-electron chi connectivity index (χ4n) is 3.43. The molecule has 0 aromatic heterocycles. The number of carbonyl (C=O) groups excluding carboxylic acids is 2. The number of benzene rings is 2. The summed E-state index contributed by atoms with van der Waals surface area (Å²) in [5.41, 5.74) is 1.54. The number of hydrogen-bond donors (Lipinski definition) is 2. The molecule has 3 amide bonds. The predicted molar refractivity (Wildman–Crippen MR) is 116 cm³/mol. The van der Waals surface area contributed by atoms with Crippen LogP contribution < -0.4 is 10.6 Å².